The van der Waals surface area contributed by atoms with Crippen LogP contribution in [-0.4, -0.2) is 41.9 Å². The normalized spacial score (nSPS) is 6.00. The number of hydrogen-bond acceptors (Lipinski definition) is 3. The van der Waals surface area contributed by atoms with Crippen LogP contribution in [-0.2, 0) is 14.3 Å². The second-order valence-corrected chi connectivity index (χ2v) is 1.27. The van der Waals surface area contributed by atoms with E-state index in [9.17, 15) is 9.59 Å². The van der Waals surface area contributed by atoms with Crippen LogP contribution in [0.2, 0.25) is 0 Å². The molecule has 0 unspecified atom stereocenters. The molecule has 0 aliphatic heterocycles. The Hall–Kier alpha value is 0.196. The van der Waals surface area contributed by atoms with Gasteiger partial charge < -0.3 is 24.1 Å². The first kappa shape index (κ1) is 22.8. The number of methoxy groups -OCH3 is 1. The van der Waals surface area contributed by atoms with Gasteiger partial charge in [0, 0.05) is 6.42 Å². The van der Waals surface area contributed by atoms with Gasteiger partial charge in [-0.05, 0) is 0 Å². The summed E-state index contributed by atoms with van der Waals surface area (Å²) in [4.78, 5) is 20.4. The van der Waals surface area contributed by atoms with E-state index >= 15 is 0 Å². The standard InChI is InChI=1S/C5H8O3.C2H5.ClH.Mg/c1-3-4(6)5(7)8-2;1-2;;/h3H2,1-2H3;1H2,2H3;1H;/q;-1;;+2/p-1. The fourth-order valence-electron chi connectivity index (χ4n) is 0.258. The first-order valence-corrected chi connectivity index (χ1v) is 3.04. The van der Waals surface area contributed by atoms with Crippen molar-refractivity contribution in [2.24, 2.45) is 0 Å². The molecule has 0 bridgehead atoms. The van der Waals surface area contributed by atoms with Crippen LogP contribution in [0, 0.1) is 6.92 Å². The van der Waals surface area contributed by atoms with Gasteiger partial charge >= 0.3 is 29.0 Å². The van der Waals surface area contributed by atoms with Crippen molar-refractivity contribution in [3.05, 3.63) is 6.92 Å². The van der Waals surface area contributed by atoms with E-state index in [0.29, 0.717) is 0 Å². The molecule has 0 saturated carbocycles. The predicted molar refractivity (Wildman–Crippen MR) is 44.1 cm³/mol. The molecule has 0 atom stereocenters. The van der Waals surface area contributed by atoms with Gasteiger partial charge in [0.15, 0.2) is 0 Å². The summed E-state index contributed by atoms with van der Waals surface area (Å²) in [5.74, 6) is -1.24. The summed E-state index contributed by atoms with van der Waals surface area (Å²) in [6.45, 7) is 6.61. The summed E-state index contributed by atoms with van der Waals surface area (Å²) in [6, 6.07) is 0. The van der Waals surface area contributed by atoms with Gasteiger partial charge in [-0.3, -0.25) is 4.79 Å². The van der Waals surface area contributed by atoms with Gasteiger partial charge in [0.25, 0.3) is 0 Å². The fraction of sp³-hybridized carbons (Fsp3) is 0.571. The van der Waals surface area contributed by atoms with E-state index in [4.69, 9.17) is 0 Å². The smallest absolute Gasteiger partial charge is 1.00 e. The maximum Gasteiger partial charge on any atom is 2.00 e. The van der Waals surface area contributed by atoms with Crippen molar-refractivity contribution < 1.29 is 26.7 Å². The average molecular weight is 205 g/mol. The minimum atomic E-state index is -0.757. The number of carbonyl (C=O) groups excluding carboxylic acids is 2. The van der Waals surface area contributed by atoms with Gasteiger partial charge in [-0.15, -0.1) is 0 Å². The second-order valence-electron chi connectivity index (χ2n) is 1.27. The van der Waals surface area contributed by atoms with Crippen LogP contribution in [0.1, 0.15) is 20.3 Å². The Labute approximate surface area is 95.8 Å². The number of ether oxygens (including phenoxy) is 1. The van der Waals surface area contributed by atoms with Crippen LogP contribution in [0.15, 0.2) is 0 Å². The van der Waals surface area contributed by atoms with E-state index < -0.39 is 11.8 Å². The molecule has 0 saturated heterocycles. The molecule has 0 spiro atoms. The summed E-state index contributed by atoms with van der Waals surface area (Å²) >= 11 is 0. The van der Waals surface area contributed by atoms with E-state index in [2.05, 4.69) is 11.7 Å². The minimum absolute atomic E-state index is 0. The molecule has 0 aliphatic carbocycles. The van der Waals surface area contributed by atoms with E-state index in [-0.39, 0.29) is 41.9 Å². The minimum Gasteiger partial charge on any atom is -1.00 e. The topological polar surface area (TPSA) is 43.4 Å². The molecule has 68 valence electrons. The molecular formula is C7H13ClMgO3. The fourth-order valence-corrected chi connectivity index (χ4v) is 0.258. The first-order valence-electron chi connectivity index (χ1n) is 3.04. The van der Waals surface area contributed by atoms with Crippen molar-refractivity contribution in [3.63, 3.8) is 0 Å². The summed E-state index contributed by atoms with van der Waals surface area (Å²) in [5, 5.41) is 0. The molecule has 0 fully saturated rings. The molecule has 3 nitrogen and oxygen atoms in total. The van der Waals surface area contributed by atoms with Crippen LogP contribution in [0.3, 0.4) is 0 Å². The number of Topliss-reactive ketones (excluding diaryl/α,β-unsaturated/α-hetero) is 1. The zero-order valence-electron chi connectivity index (χ0n) is 7.72. The molecule has 0 aromatic heterocycles. The van der Waals surface area contributed by atoms with Crippen LogP contribution in [0.25, 0.3) is 0 Å². The quantitative estimate of drug-likeness (QED) is 0.218. The van der Waals surface area contributed by atoms with Crippen molar-refractivity contribution in [3.8, 4) is 0 Å². The molecule has 0 aromatic carbocycles. The Kier molecular flexibility index (Phi) is 32.9. The number of rotatable bonds is 2. The molecule has 0 heterocycles. The Morgan fingerprint density at radius 1 is 1.33 bits per heavy atom. The monoisotopic (exact) mass is 204 g/mol. The molecule has 0 amide bonds. The summed E-state index contributed by atoms with van der Waals surface area (Å²) in [5.41, 5.74) is 0. The number of halogens is 1. The van der Waals surface area contributed by atoms with Gasteiger partial charge in [0.2, 0.25) is 5.78 Å². The number of ketones is 1. The van der Waals surface area contributed by atoms with E-state index in [1.807, 2.05) is 0 Å². The molecule has 12 heavy (non-hydrogen) atoms. The van der Waals surface area contributed by atoms with E-state index in [0.717, 1.165) is 0 Å². The molecule has 5 heteroatoms. The van der Waals surface area contributed by atoms with E-state index in [1.54, 1.807) is 13.8 Å². The van der Waals surface area contributed by atoms with Crippen LogP contribution >= 0.6 is 0 Å². The predicted octanol–water partition coefficient (Wildman–Crippen LogP) is -2.40. The van der Waals surface area contributed by atoms with Crippen LogP contribution in [0.5, 0.6) is 0 Å². The maximum absolute atomic E-state index is 10.3. The molecule has 0 radical (unpaired) electrons. The summed E-state index contributed by atoms with van der Waals surface area (Å²) in [7, 11) is 1.19. The van der Waals surface area contributed by atoms with Gasteiger partial charge in [-0.1, -0.05) is 6.92 Å². The van der Waals surface area contributed by atoms with Gasteiger partial charge in [-0.25, -0.2) is 4.79 Å². The van der Waals surface area contributed by atoms with Crippen molar-refractivity contribution >= 4 is 34.8 Å². The average Bonchev–Trinajstić information content (AvgIpc) is 2.05. The van der Waals surface area contributed by atoms with E-state index in [1.165, 1.54) is 7.11 Å². The van der Waals surface area contributed by atoms with Gasteiger partial charge in [-0.2, -0.15) is 6.92 Å². The molecule has 0 aromatic rings. The molecular weight excluding hydrogens is 192 g/mol. The third-order valence-corrected chi connectivity index (χ3v) is 0.734. The molecule has 0 aliphatic rings. The maximum atomic E-state index is 10.3. The van der Waals surface area contributed by atoms with Crippen LogP contribution in [0.4, 0.5) is 0 Å². The molecule has 0 N–H and O–H groups in total. The first-order chi connectivity index (χ1) is 4.72. The van der Waals surface area contributed by atoms with Gasteiger partial charge in [0.05, 0.1) is 7.11 Å². The zero-order chi connectivity index (χ0) is 8.57. The third kappa shape index (κ3) is 12.8. The Balaban J connectivity index is -0.0000000740. The Morgan fingerprint density at radius 2 is 1.67 bits per heavy atom. The Morgan fingerprint density at radius 3 is 1.75 bits per heavy atom. The van der Waals surface area contributed by atoms with Crippen molar-refractivity contribution in [1.29, 1.82) is 0 Å². The van der Waals surface area contributed by atoms with Crippen molar-refractivity contribution in [2.45, 2.75) is 20.3 Å². The van der Waals surface area contributed by atoms with Gasteiger partial charge in [0.1, 0.15) is 0 Å². The number of esters is 1. The summed E-state index contributed by atoms with van der Waals surface area (Å²) < 4.78 is 4.11. The largest absolute Gasteiger partial charge is 2.00 e. The van der Waals surface area contributed by atoms with Crippen molar-refractivity contribution in [1.82, 2.24) is 0 Å². The number of carbonyl (C=O) groups is 2. The van der Waals surface area contributed by atoms with Crippen LogP contribution < -0.4 is 12.4 Å². The summed E-state index contributed by atoms with van der Waals surface area (Å²) in [6.07, 6.45) is 0.215. The third-order valence-electron chi connectivity index (χ3n) is 0.734. The SMILES string of the molecule is CCC(=O)C(=O)OC.[CH2-]C.[Cl-].[Mg+2]. The molecule has 0 rings (SSSR count). The number of hydrogen-bond donors (Lipinski definition) is 0. The zero-order valence-corrected chi connectivity index (χ0v) is 9.89. The Bertz CT molecular complexity index is 103. The van der Waals surface area contributed by atoms with Crippen molar-refractivity contribution in [2.75, 3.05) is 7.11 Å². The second kappa shape index (κ2) is 17.3.